The molecule has 7 nitrogen and oxygen atoms in total. The number of nitrogens with zero attached hydrogens (tertiary/aromatic N) is 5. The number of hydrogen-bond acceptors (Lipinski definition) is 5. The molecule has 3 heterocycles. The number of nitriles is 1. The van der Waals surface area contributed by atoms with E-state index >= 15 is 0 Å². The Morgan fingerprint density at radius 2 is 1.79 bits per heavy atom. The van der Waals surface area contributed by atoms with E-state index in [2.05, 4.69) is 4.98 Å². The zero-order valence-corrected chi connectivity index (χ0v) is 18.8. The minimum absolute atomic E-state index is 0.0346. The van der Waals surface area contributed by atoms with Gasteiger partial charge in [0.2, 0.25) is 5.91 Å². The molecule has 0 unspecified atom stereocenters. The molecule has 34 heavy (non-hydrogen) atoms. The van der Waals surface area contributed by atoms with Crippen LogP contribution in [0.1, 0.15) is 30.5 Å². The summed E-state index contributed by atoms with van der Waals surface area (Å²) in [4.78, 5) is 35.9. The summed E-state index contributed by atoms with van der Waals surface area (Å²) < 4.78 is 38.8. The Bertz CT molecular complexity index is 1120. The summed E-state index contributed by atoms with van der Waals surface area (Å²) in [5.41, 5.74) is -0.963. The van der Waals surface area contributed by atoms with Crippen LogP contribution in [0.15, 0.2) is 42.6 Å². The van der Waals surface area contributed by atoms with Gasteiger partial charge in [-0.3, -0.25) is 9.59 Å². The average molecular weight is 471 g/mol. The van der Waals surface area contributed by atoms with Gasteiger partial charge in [-0.15, -0.1) is 0 Å². The quantitative estimate of drug-likeness (QED) is 0.670. The number of anilines is 1. The predicted octanol–water partition coefficient (Wildman–Crippen LogP) is 3.06. The van der Waals surface area contributed by atoms with Crippen LogP contribution >= 0.6 is 0 Å². The summed E-state index contributed by atoms with van der Waals surface area (Å²) in [7, 11) is 0. The van der Waals surface area contributed by atoms with Crippen molar-refractivity contribution in [3.05, 3.63) is 59.3 Å². The fourth-order valence-electron chi connectivity index (χ4n) is 4.47. The number of rotatable bonds is 5. The second kappa shape index (κ2) is 8.63. The lowest BCUT2D eigenvalue weighted by atomic mass is 9.83. The van der Waals surface area contributed by atoms with Gasteiger partial charge in [-0.25, -0.2) is 4.98 Å². The summed E-state index contributed by atoms with van der Waals surface area (Å²) in [5, 5.41) is 8.98. The SMILES string of the molecule is CC(C)CN1CC(=O)N(Cc2ccc(C(F)(F)F)cc2)C2(CN(c3ccc(C#N)cn3)C2)C1=O. The molecular weight excluding hydrogens is 447 g/mol. The second-order valence-corrected chi connectivity index (χ2v) is 9.16. The number of alkyl halides is 3. The van der Waals surface area contributed by atoms with Crippen LogP contribution in [0.4, 0.5) is 19.0 Å². The fourth-order valence-corrected chi connectivity index (χ4v) is 4.47. The summed E-state index contributed by atoms with van der Waals surface area (Å²) in [6.45, 7) is 4.77. The van der Waals surface area contributed by atoms with Gasteiger partial charge < -0.3 is 14.7 Å². The summed E-state index contributed by atoms with van der Waals surface area (Å²) >= 11 is 0. The topological polar surface area (TPSA) is 80.5 Å². The number of carbonyl (C=O) groups excluding carboxylic acids is 2. The molecule has 1 aromatic carbocycles. The van der Waals surface area contributed by atoms with Gasteiger partial charge in [0.1, 0.15) is 11.9 Å². The zero-order valence-electron chi connectivity index (χ0n) is 18.8. The maximum Gasteiger partial charge on any atom is 0.416 e. The van der Waals surface area contributed by atoms with E-state index in [9.17, 15) is 22.8 Å². The smallest absolute Gasteiger partial charge is 0.351 e. The number of piperazine rings is 1. The van der Waals surface area contributed by atoms with Crippen LogP contribution in [0.25, 0.3) is 0 Å². The van der Waals surface area contributed by atoms with Gasteiger partial charge in [-0.05, 0) is 35.7 Å². The number of aromatic nitrogens is 1. The van der Waals surface area contributed by atoms with Gasteiger partial charge in [-0.1, -0.05) is 26.0 Å². The highest BCUT2D eigenvalue weighted by molar-refractivity contribution is 6.00. The second-order valence-electron chi connectivity index (χ2n) is 9.16. The molecule has 0 N–H and O–H groups in total. The summed E-state index contributed by atoms with van der Waals surface area (Å²) in [6.07, 6.45) is -3.00. The van der Waals surface area contributed by atoms with E-state index in [1.165, 1.54) is 23.2 Å². The van der Waals surface area contributed by atoms with Gasteiger partial charge in [0.25, 0.3) is 5.91 Å². The Labute approximate surface area is 195 Å². The van der Waals surface area contributed by atoms with Crippen molar-refractivity contribution in [1.82, 2.24) is 14.8 Å². The molecule has 10 heteroatoms. The molecule has 2 saturated heterocycles. The summed E-state index contributed by atoms with van der Waals surface area (Å²) in [6, 6.07) is 9.97. The number of benzene rings is 1. The molecule has 0 atom stereocenters. The molecule has 2 fully saturated rings. The molecule has 0 radical (unpaired) electrons. The van der Waals surface area contributed by atoms with Crippen molar-refractivity contribution in [3.8, 4) is 6.07 Å². The fraction of sp³-hybridized carbons (Fsp3) is 0.417. The third-order valence-corrected chi connectivity index (χ3v) is 6.14. The van der Waals surface area contributed by atoms with Crippen molar-refractivity contribution in [2.75, 3.05) is 31.1 Å². The average Bonchev–Trinajstić information content (AvgIpc) is 2.76. The van der Waals surface area contributed by atoms with Gasteiger partial charge >= 0.3 is 6.18 Å². The molecule has 0 bridgehead atoms. The Morgan fingerprint density at radius 1 is 1.12 bits per heavy atom. The standard InChI is InChI=1S/C24H24F3N5O2/c1-16(2)11-30-13-21(33)32(12-17-3-6-19(7-4-17)24(25,26)27)23(22(30)34)14-31(15-23)20-8-5-18(9-28)10-29-20/h3-8,10,16H,11-15H2,1-2H3. The van der Waals surface area contributed by atoms with Crippen LogP contribution < -0.4 is 4.90 Å². The highest BCUT2D eigenvalue weighted by atomic mass is 19.4. The Kier molecular flexibility index (Phi) is 5.98. The lowest BCUT2D eigenvalue weighted by molar-refractivity contribution is -0.168. The summed E-state index contributed by atoms with van der Waals surface area (Å²) in [5.74, 6) is 0.345. The first-order valence-electron chi connectivity index (χ1n) is 10.9. The van der Waals surface area contributed by atoms with Crippen LogP contribution in [-0.2, 0) is 22.3 Å². The molecule has 2 amide bonds. The molecule has 1 aromatic heterocycles. The number of carbonyl (C=O) groups is 2. The minimum Gasteiger partial charge on any atom is -0.351 e. The maximum atomic E-state index is 13.6. The maximum absolute atomic E-state index is 13.6. The molecule has 1 spiro atoms. The van der Waals surface area contributed by atoms with E-state index in [0.717, 1.165) is 12.1 Å². The molecule has 2 aliphatic rings. The van der Waals surface area contributed by atoms with Crippen molar-refractivity contribution in [3.63, 3.8) is 0 Å². The predicted molar refractivity (Wildman–Crippen MR) is 117 cm³/mol. The number of halogens is 3. The first-order chi connectivity index (χ1) is 16.0. The van der Waals surface area contributed by atoms with E-state index in [-0.39, 0.29) is 43.9 Å². The van der Waals surface area contributed by atoms with Crippen molar-refractivity contribution < 1.29 is 22.8 Å². The molecule has 178 valence electrons. The normalized spacial score (nSPS) is 17.9. The lowest BCUT2D eigenvalue weighted by Gasteiger charge is -2.58. The molecule has 4 rings (SSSR count). The van der Waals surface area contributed by atoms with Crippen LogP contribution in [0.2, 0.25) is 0 Å². The Morgan fingerprint density at radius 3 is 2.32 bits per heavy atom. The van der Waals surface area contributed by atoms with Crippen LogP contribution in [-0.4, -0.2) is 58.3 Å². The van der Waals surface area contributed by atoms with Gasteiger partial charge in [0.15, 0.2) is 5.54 Å². The zero-order chi connectivity index (χ0) is 24.7. The van der Waals surface area contributed by atoms with Crippen LogP contribution in [0.3, 0.4) is 0 Å². The van der Waals surface area contributed by atoms with Crippen molar-refractivity contribution in [1.29, 1.82) is 5.26 Å². The number of pyridine rings is 1. The van der Waals surface area contributed by atoms with E-state index in [4.69, 9.17) is 5.26 Å². The molecule has 2 aromatic rings. The number of hydrogen-bond donors (Lipinski definition) is 0. The van der Waals surface area contributed by atoms with E-state index in [1.54, 1.807) is 17.0 Å². The third kappa shape index (κ3) is 4.30. The van der Waals surface area contributed by atoms with Crippen molar-refractivity contribution >= 4 is 17.6 Å². The molecule has 0 saturated carbocycles. The van der Waals surface area contributed by atoms with Crippen LogP contribution in [0.5, 0.6) is 0 Å². The van der Waals surface area contributed by atoms with Crippen molar-refractivity contribution in [2.24, 2.45) is 5.92 Å². The Balaban J connectivity index is 1.60. The van der Waals surface area contributed by atoms with Crippen LogP contribution in [0, 0.1) is 17.2 Å². The minimum atomic E-state index is -4.45. The lowest BCUT2D eigenvalue weighted by Crippen LogP contribution is -2.80. The first-order valence-corrected chi connectivity index (χ1v) is 10.9. The highest BCUT2D eigenvalue weighted by Gasteiger charge is 2.59. The molecule has 2 aliphatic heterocycles. The first kappa shape index (κ1) is 23.5. The Hall–Kier alpha value is -3.61. The van der Waals surface area contributed by atoms with E-state index in [0.29, 0.717) is 23.5 Å². The monoisotopic (exact) mass is 471 g/mol. The van der Waals surface area contributed by atoms with E-state index in [1.807, 2.05) is 24.8 Å². The van der Waals surface area contributed by atoms with Gasteiger partial charge in [0.05, 0.1) is 30.8 Å². The highest BCUT2D eigenvalue weighted by Crippen LogP contribution is 2.37. The largest absolute Gasteiger partial charge is 0.416 e. The van der Waals surface area contributed by atoms with Crippen molar-refractivity contribution in [2.45, 2.75) is 32.1 Å². The number of amides is 2. The van der Waals surface area contributed by atoms with Gasteiger partial charge in [-0.2, -0.15) is 18.4 Å². The molecule has 0 aliphatic carbocycles. The third-order valence-electron chi connectivity index (χ3n) is 6.14. The molecular formula is C24H24F3N5O2. The van der Waals surface area contributed by atoms with E-state index < -0.39 is 17.3 Å². The van der Waals surface area contributed by atoms with Gasteiger partial charge in [0, 0.05) is 19.3 Å².